The summed E-state index contributed by atoms with van der Waals surface area (Å²) in [6, 6.07) is 10.5. The van der Waals surface area contributed by atoms with E-state index in [1.807, 2.05) is 41.8 Å². The smallest absolute Gasteiger partial charge is 0.305 e. The Morgan fingerprint density at radius 2 is 1.80 bits per heavy atom. The van der Waals surface area contributed by atoms with Crippen LogP contribution in [0.1, 0.15) is 98.4 Å². The molecule has 7 nitrogen and oxygen atoms in total. The Morgan fingerprint density at radius 3 is 2.43 bits per heavy atom. The van der Waals surface area contributed by atoms with E-state index in [-0.39, 0.29) is 17.9 Å². The number of nitrogens with zero attached hydrogens (tertiary/aromatic N) is 2. The van der Waals surface area contributed by atoms with Crippen LogP contribution in [0.25, 0.3) is 5.65 Å². The number of aryl methyl sites for hydroxylation is 1. The van der Waals surface area contributed by atoms with Crippen molar-refractivity contribution in [2.45, 2.75) is 83.7 Å². The van der Waals surface area contributed by atoms with E-state index >= 15 is 0 Å². The first kappa shape index (κ1) is 24.8. The van der Waals surface area contributed by atoms with E-state index in [1.54, 1.807) is 12.1 Å². The summed E-state index contributed by atoms with van der Waals surface area (Å²) in [5.74, 6) is 0.128. The van der Waals surface area contributed by atoms with Gasteiger partial charge in [-0.1, -0.05) is 49.1 Å². The fourth-order valence-corrected chi connectivity index (χ4v) is 4.81. The van der Waals surface area contributed by atoms with Gasteiger partial charge in [-0.15, -0.1) is 0 Å². The zero-order chi connectivity index (χ0) is 25.2. The zero-order valence-electron chi connectivity index (χ0n) is 21.1. The SMILES string of the molecule is Cc1ccc(C(CC(=O)O)NC(=O)c2ccn3c(NC(C)(C)C)c(C4CCCCC4)nc3c2)cc1. The number of rotatable bonds is 7. The Hall–Kier alpha value is -3.35. The van der Waals surface area contributed by atoms with Crippen molar-refractivity contribution in [1.29, 1.82) is 0 Å². The molecule has 0 spiro atoms. The predicted octanol–water partition coefficient (Wildman–Crippen LogP) is 5.85. The number of carbonyl (C=O) groups is 2. The Labute approximate surface area is 207 Å². The van der Waals surface area contributed by atoms with E-state index in [0.717, 1.165) is 41.1 Å². The molecule has 1 fully saturated rings. The van der Waals surface area contributed by atoms with E-state index in [2.05, 4.69) is 31.4 Å². The third kappa shape index (κ3) is 6.02. The molecule has 2 aromatic heterocycles. The number of aromatic nitrogens is 2. The largest absolute Gasteiger partial charge is 0.481 e. The Balaban J connectivity index is 1.65. The molecule has 1 aliphatic rings. The van der Waals surface area contributed by atoms with Gasteiger partial charge in [0.05, 0.1) is 18.2 Å². The van der Waals surface area contributed by atoms with Gasteiger partial charge < -0.3 is 15.7 Å². The molecule has 1 unspecified atom stereocenters. The molecule has 1 amide bonds. The summed E-state index contributed by atoms with van der Waals surface area (Å²) in [6.45, 7) is 8.37. The van der Waals surface area contributed by atoms with Crippen molar-refractivity contribution < 1.29 is 14.7 Å². The predicted molar refractivity (Wildman–Crippen MR) is 138 cm³/mol. The number of hydrogen-bond donors (Lipinski definition) is 3. The molecule has 186 valence electrons. The molecule has 0 radical (unpaired) electrons. The number of amides is 1. The summed E-state index contributed by atoms with van der Waals surface area (Å²) in [7, 11) is 0. The second-order valence-electron chi connectivity index (χ2n) is 10.7. The molecule has 4 rings (SSSR count). The van der Waals surface area contributed by atoms with Crippen LogP contribution in [0, 0.1) is 6.92 Å². The van der Waals surface area contributed by atoms with E-state index in [4.69, 9.17) is 4.98 Å². The van der Waals surface area contributed by atoms with Crippen LogP contribution < -0.4 is 10.6 Å². The van der Waals surface area contributed by atoms with Gasteiger partial charge >= 0.3 is 5.97 Å². The van der Waals surface area contributed by atoms with Gasteiger partial charge in [-0.2, -0.15) is 0 Å². The highest BCUT2D eigenvalue weighted by molar-refractivity contribution is 5.95. The maximum Gasteiger partial charge on any atom is 0.305 e. The summed E-state index contributed by atoms with van der Waals surface area (Å²) in [5.41, 5.74) is 3.96. The van der Waals surface area contributed by atoms with E-state index in [0.29, 0.717) is 11.5 Å². The number of pyridine rings is 1. The van der Waals surface area contributed by atoms with Gasteiger partial charge in [0.25, 0.3) is 5.91 Å². The lowest BCUT2D eigenvalue weighted by Gasteiger charge is -2.26. The second kappa shape index (κ2) is 10.1. The summed E-state index contributed by atoms with van der Waals surface area (Å²) < 4.78 is 2.03. The van der Waals surface area contributed by atoms with Gasteiger partial charge in [-0.05, 0) is 58.2 Å². The number of nitrogens with one attached hydrogen (secondary N) is 2. The van der Waals surface area contributed by atoms with Crippen molar-refractivity contribution in [1.82, 2.24) is 14.7 Å². The fraction of sp³-hybridized carbons (Fsp3) is 0.464. The van der Waals surface area contributed by atoms with E-state index < -0.39 is 12.0 Å². The molecule has 1 saturated carbocycles. The van der Waals surface area contributed by atoms with Crippen LogP contribution in [0.5, 0.6) is 0 Å². The average molecular weight is 477 g/mol. The molecule has 0 bridgehead atoms. The third-order valence-corrected chi connectivity index (χ3v) is 6.56. The Kier molecular flexibility index (Phi) is 7.15. The molecule has 1 aliphatic carbocycles. The number of carboxylic acids is 1. The average Bonchev–Trinajstić information content (AvgIpc) is 3.15. The quantitative estimate of drug-likeness (QED) is 0.398. The van der Waals surface area contributed by atoms with Crippen molar-refractivity contribution >= 4 is 23.3 Å². The highest BCUT2D eigenvalue weighted by atomic mass is 16.4. The molecule has 0 saturated heterocycles. The van der Waals surface area contributed by atoms with Gasteiger partial charge in [0.2, 0.25) is 0 Å². The number of hydrogen-bond acceptors (Lipinski definition) is 4. The molecule has 0 aliphatic heterocycles. The molecule has 3 N–H and O–H groups in total. The van der Waals surface area contributed by atoms with Crippen LogP contribution in [0.2, 0.25) is 0 Å². The Bertz CT molecular complexity index is 1200. The number of fused-ring (bicyclic) bond motifs is 1. The van der Waals surface area contributed by atoms with E-state index in [1.165, 1.54) is 19.3 Å². The van der Waals surface area contributed by atoms with Gasteiger partial charge in [0, 0.05) is 23.2 Å². The molecular weight excluding hydrogens is 440 g/mol. The fourth-order valence-electron chi connectivity index (χ4n) is 4.81. The van der Waals surface area contributed by atoms with Crippen LogP contribution in [-0.4, -0.2) is 31.9 Å². The van der Waals surface area contributed by atoms with Crippen molar-refractivity contribution in [3.63, 3.8) is 0 Å². The molecule has 35 heavy (non-hydrogen) atoms. The molecule has 3 aromatic rings. The number of imidazole rings is 1. The van der Waals surface area contributed by atoms with Crippen LogP contribution >= 0.6 is 0 Å². The molecule has 1 aromatic carbocycles. The van der Waals surface area contributed by atoms with Crippen molar-refractivity contribution in [2.24, 2.45) is 0 Å². The summed E-state index contributed by atoms with van der Waals surface area (Å²) in [6.07, 6.45) is 7.65. The number of benzene rings is 1. The number of anilines is 1. The van der Waals surface area contributed by atoms with Crippen LogP contribution in [0.4, 0.5) is 5.82 Å². The summed E-state index contributed by atoms with van der Waals surface area (Å²) in [4.78, 5) is 29.6. The number of carboxylic acid groups (broad SMARTS) is 1. The minimum Gasteiger partial charge on any atom is -0.481 e. The standard InChI is InChI=1S/C28H36N4O3/c1-18-10-12-19(13-11-18)22(17-24(33)34)29-27(35)21-14-15-32-23(16-21)30-25(20-8-6-5-7-9-20)26(32)31-28(2,3)4/h10-16,20,22,31H,5-9,17H2,1-4H3,(H,29,35)(H,33,34). The van der Waals surface area contributed by atoms with Crippen LogP contribution in [0.3, 0.4) is 0 Å². The molecule has 7 heteroatoms. The minimum atomic E-state index is -0.963. The number of aliphatic carboxylic acids is 1. The van der Waals surface area contributed by atoms with Crippen molar-refractivity contribution in [3.8, 4) is 0 Å². The molecule has 1 atom stereocenters. The van der Waals surface area contributed by atoms with Gasteiger partial charge in [0.15, 0.2) is 0 Å². The molecule has 2 heterocycles. The highest BCUT2D eigenvalue weighted by Crippen LogP contribution is 2.37. The lowest BCUT2D eigenvalue weighted by Crippen LogP contribution is -2.30. The number of carbonyl (C=O) groups excluding carboxylic acids is 1. The zero-order valence-corrected chi connectivity index (χ0v) is 21.1. The second-order valence-corrected chi connectivity index (χ2v) is 10.7. The van der Waals surface area contributed by atoms with E-state index in [9.17, 15) is 14.7 Å². The minimum absolute atomic E-state index is 0.131. The maximum absolute atomic E-state index is 13.2. The van der Waals surface area contributed by atoms with Crippen molar-refractivity contribution in [2.75, 3.05) is 5.32 Å². The highest BCUT2D eigenvalue weighted by Gasteiger charge is 2.26. The summed E-state index contributed by atoms with van der Waals surface area (Å²) in [5, 5.41) is 16.0. The lowest BCUT2D eigenvalue weighted by molar-refractivity contribution is -0.137. The molecular formula is C28H36N4O3. The summed E-state index contributed by atoms with van der Waals surface area (Å²) >= 11 is 0. The maximum atomic E-state index is 13.2. The normalized spacial score (nSPS) is 15.7. The van der Waals surface area contributed by atoms with Crippen LogP contribution in [-0.2, 0) is 4.79 Å². The van der Waals surface area contributed by atoms with Gasteiger partial charge in [-0.3, -0.25) is 14.0 Å². The first-order chi connectivity index (χ1) is 16.6. The van der Waals surface area contributed by atoms with Crippen molar-refractivity contribution in [3.05, 3.63) is 65.0 Å². The lowest BCUT2D eigenvalue weighted by atomic mass is 9.87. The monoisotopic (exact) mass is 476 g/mol. The first-order valence-electron chi connectivity index (χ1n) is 12.5. The van der Waals surface area contributed by atoms with Crippen LogP contribution in [0.15, 0.2) is 42.6 Å². The first-order valence-corrected chi connectivity index (χ1v) is 12.5. The van der Waals surface area contributed by atoms with Gasteiger partial charge in [-0.25, -0.2) is 4.98 Å². The van der Waals surface area contributed by atoms with Gasteiger partial charge in [0.1, 0.15) is 11.5 Å². The topological polar surface area (TPSA) is 95.7 Å². The Morgan fingerprint density at radius 1 is 1.11 bits per heavy atom. The third-order valence-electron chi connectivity index (χ3n) is 6.56.